The Labute approximate surface area is 171 Å². The number of carbonyl (C=O) groups excluding carboxylic acids is 1. The van der Waals surface area contributed by atoms with Gasteiger partial charge in [-0.15, -0.1) is 0 Å². The number of nitrogens with zero attached hydrogens (tertiary/aromatic N) is 4. The van der Waals surface area contributed by atoms with E-state index in [1.807, 2.05) is 23.1 Å². The van der Waals surface area contributed by atoms with E-state index in [-0.39, 0.29) is 5.91 Å². The maximum absolute atomic E-state index is 12.5. The van der Waals surface area contributed by atoms with Crippen molar-refractivity contribution in [3.05, 3.63) is 35.7 Å². The fraction of sp³-hybridized carbons (Fsp3) is 0.571. The topological polar surface area (TPSA) is 58.6 Å². The van der Waals surface area contributed by atoms with E-state index in [0.717, 1.165) is 54.6 Å². The van der Waals surface area contributed by atoms with Crippen LogP contribution in [0.2, 0.25) is 0 Å². The third-order valence-electron chi connectivity index (χ3n) is 5.35. The molecule has 1 amide bonds. The first-order valence-corrected chi connectivity index (χ1v) is 10.9. The van der Waals surface area contributed by atoms with Gasteiger partial charge < -0.3 is 14.5 Å². The number of aromatic nitrogens is 2. The number of carbonyl (C=O) groups is 1. The Bertz CT molecular complexity index is 773. The predicted octanol–water partition coefficient (Wildman–Crippen LogP) is 3.75. The van der Waals surface area contributed by atoms with Crippen LogP contribution in [0.4, 0.5) is 5.13 Å². The van der Waals surface area contributed by atoms with E-state index in [0.29, 0.717) is 25.4 Å². The van der Waals surface area contributed by atoms with Crippen LogP contribution in [0.1, 0.15) is 50.9 Å². The largest absolute Gasteiger partial charge is 0.497 e. The van der Waals surface area contributed by atoms with Gasteiger partial charge in [0.2, 0.25) is 11.0 Å². The van der Waals surface area contributed by atoms with Gasteiger partial charge in [-0.05, 0) is 43.9 Å². The van der Waals surface area contributed by atoms with E-state index in [1.54, 1.807) is 7.11 Å². The molecule has 0 saturated carbocycles. The van der Waals surface area contributed by atoms with E-state index in [9.17, 15) is 4.79 Å². The number of benzene rings is 1. The number of methoxy groups -OCH3 is 1. The fourth-order valence-corrected chi connectivity index (χ4v) is 4.28. The van der Waals surface area contributed by atoms with Crippen molar-refractivity contribution in [2.45, 2.75) is 52.0 Å². The van der Waals surface area contributed by atoms with Gasteiger partial charge in [0.15, 0.2) is 0 Å². The lowest BCUT2D eigenvalue weighted by Crippen LogP contribution is -2.37. The summed E-state index contributed by atoms with van der Waals surface area (Å²) in [6.07, 6.45) is 4.47. The monoisotopic (exact) mass is 402 g/mol. The first-order chi connectivity index (χ1) is 13.6. The fourth-order valence-electron chi connectivity index (χ4n) is 3.46. The normalized spacial score (nSPS) is 14.9. The highest BCUT2D eigenvalue weighted by Gasteiger charge is 2.22. The minimum atomic E-state index is 0.256. The highest BCUT2D eigenvalue weighted by Crippen LogP contribution is 2.24. The minimum absolute atomic E-state index is 0.256. The van der Waals surface area contributed by atoms with Crippen LogP contribution in [0.5, 0.6) is 5.75 Å². The Morgan fingerprint density at radius 2 is 2.14 bits per heavy atom. The van der Waals surface area contributed by atoms with Crippen LogP contribution in [0, 0.1) is 0 Å². The molecular weight excluding hydrogens is 372 g/mol. The molecule has 7 heteroatoms. The van der Waals surface area contributed by atoms with Gasteiger partial charge in [0.25, 0.3) is 0 Å². The third kappa shape index (κ3) is 5.22. The first-order valence-electron chi connectivity index (χ1n) is 10.1. The Hall–Kier alpha value is -2.15. The maximum Gasteiger partial charge on any atom is 0.224 e. The van der Waals surface area contributed by atoms with Gasteiger partial charge in [-0.2, -0.15) is 4.37 Å². The Kier molecular flexibility index (Phi) is 7.25. The summed E-state index contributed by atoms with van der Waals surface area (Å²) in [6, 6.07) is 8.32. The Balaban J connectivity index is 1.66. The molecule has 152 valence electrons. The molecule has 1 aliphatic rings. The van der Waals surface area contributed by atoms with Crippen molar-refractivity contribution in [2.75, 3.05) is 31.6 Å². The van der Waals surface area contributed by atoms with Crippen LogP contribution in [-0.4, -0.2) is 53.0 Å². The van der Waals surface area contributed by atoms with Crippen molar-refractivity contribution in [3.8, 4) is 5.75 Å². The predicted molar refractivity (Wildman–Crippen MR) is 113 cm³/mol. The quantitative estimate of drug-likeness (QED) is 0.639. The van der Waals surface area contributed by atoms with Crippen molar-refractivity contribution in [1.29, 1.82) is 0 Å². The van der Waals surface area contributed by atoms with E-state index in [2.05, 4.69) is 29.2 Å². The van der Waals surface area contributed by atoms with Crippen molar-refractivity contribution in [3.63, 3.8) is 0 Å². The summed E-state index contributed by atoms with van der Waals surface area (Å²) in [7, 11) is 1.67. The summed E-state index contributed by atoms with van der Waals surface area (Å²) in [4.78, 5) is 21.5. The zero-order valence-corrected chi connectivity index (χ0v) is 17.9. The lowest BCUT2D eigenvalue weighted by molar-refractivity contribution is -0.129. The van der Waals surface area contributed by atoms with E-state index in [1.165, 1.54) is 11.5 Å². The van der Waals surface area contributed by atoms with Gasteiger partial charge in [-0.25, -0.2) is 4.98 Å². The van der Waals surface area contributed by atoms with Crippen molar-refractivity contribution in [2.24, 2.45) is 0 Å². The molecule has 28 heavy (non-hydrogen) atoms. The molecule has 0 N–H and O–H groups in total. The molecular formula is C21H30N4O2S. The van der Waals surface area contributed by atoms with Crippen LogP contribution in [0.25, 0.3) is 0 Å². The van der Waals surface area contributed by atoms with Gasteiger partial charge in [-0.3, -0.25) is 4.79 Å². The molecule has 0 bridgehead atoms. The molecule has 2 heterocycles. The minimum Gasteiger partial charge on any atom is -0.497 e. The molecule has 0 aliphatic carbocycles. The first kappa shape index (κ1) is 20.6. The SMILES string of the molecule is CC[C@@H](C)N(CCC(=O)N1CCCC1)c1nc(Cc2cccc(OC)c2)ns1. The van der Waals surface area contributed by atoms with Gasteiger partial charge in [-0.1, -0.05) is 19.1 Å². The van der Waals surface area contributed by atoms with Crippen LogP contribution in [0.3, 0.4) is 0 Å². The molecule has 0 unspecified atom stereocenters. The van der Waals surface area contributed by atoms with E-state index < -0.39 is 0 Å². The van der Waals surface area contributed by atoms with E-state index >= 15 is 0 Å². The molecule has 1 aliphatic heterocycles. The number of hydrogen-bond donors (Lipinski definition) is 0. The second-order valence-corrected chi connectivity index (χ2v) is 8.04. The smallest absolute Gasteiger partial charge is 0.224 e. The number of anilines is 1. The summed E-state index contributed by atoms with van der Waals surface area (Å²) in [5.74, 6) is 1.91. The third-order valence-corrected chi connectivity index (χ3v) is 6.14. The molecule has 1 aromatic carbocycles. The molecule has 6 nitrogen and oxygen atoms in total. The maximum atomic E-state index is 12.5. The molecule has 3 rings (SSSR count). The second kappa shape index (κ2) is 9.87. The lowest BCUT2D eigenvalue weighted by atomic mass is 10.1. The van der Waals surface area contributed by atoms with Crippen LogP contribution >= 0.6 is 11.5 Å². The summed E-state index contributed by atoms with van der Waals surface area (Å²) in [6.45, 7) is 6.86. The number of rotatable bonds is 9. The molecule has 1 fully saturated rings. The van der Waals surface area contributed by atoms with Crippen molar-refractivity contribution in [1.82, 2.24) is 14.3 Å². The van der Waals surface area contributed by atoms with Crippen LogP contribution in [0.15, 0.2) is 24.3 Å². The number of ether oxygens (including phenoxy) is 1. The lowest BCUT2D eigenvalue weighted by Gasteiger charge is -2.28. The molecule has 2 aromatic rings. The Morgan fingerprint density at radius 3 is 2.86 bits per heavy atom. The molecule has 1 saturated heterocycles. The zero-order valence-electron chi connectivity index (χ0n) is 17.1. The molecule has 1 aromatic heterocycles. The average molecular weight is 403 g/mol. The highest BCUT2D eigenvalue weighted by molar-refractivity contribution is 7.09. The number of amides is 1. The van der Waals surface area contributed by atoms with Crippen molar-refractivity contribution < 1.29 is 9.53 Å². The van der Waals surface area contributed by atoms with Crippen LogP contribution in [-0.2, 0) is 11.2 Å². The summed E-state index contributed by atoms with van der Waals surface area (Å²) >= 11 is 1.42. The van der Waals surface area contributed by atoms with Crippen LogP contribution < -0.4 is 9.64 Å². The van der Waals surface area contributed by atoms with E-state index in [4.69, 9.17) is 9.72 Å². The van der Waals surface area contributed by atoms with Gasteiger partial charge in [0.1, 0.15) is 11.6 Å². The average Bonchev–Trinajstić information content (AvgIpc) is 3.40. The summed E-state index contributed by atoms with van der Waals surface area (Å²) < 4.78 is 9.86. The number of likely N-dealkylation sites (tertiary alicyclic amines) is 1. The Morgan fingerprint density at radius 1 is 1.36 bits per heavy atom. The summed E-state index contributed by atoms with van der Waals surface area (Å²) in [5, 5.41) is 0.904. The standard InChI is InChI=1S/C21H30N4O2S/c1-4-16(2)25(13-10-20(26)24-11-5-6-12-24)21-22-19(23-28-21)15-17-8-7-9-18(14-17)27-3/h7-9,14,16H,4-6,10-13,15H2,1-3H3/t16-/m1/s1. The number of hydrogen-bond acceptors (Lipinski definition) is 6. The molecule has 0 spiro atoms. The molecule has 1 atom stereocenters. The second-order valence-electron chi connectivity index (χ2n) is 7.31. The summed E-state index contributed by atoms with van der Waals surface area (Å²) in [5.41, 5.74) is 1.13. The van der Waals surface area contributed by atoms with Gasteiger partial charge in [0.05, 0.1) is 7.11 Å². The van der Waals surface area contributed by atoms with Crippen molar-refractivity contribution >= 4 is 22.6 Å². The van der Waals surface area contributed by atoms with Gasteiger partial charge in [0, 0.05) is 50.1 Å². The highest BCUT2D eigenvalue weighted by atomic mass is 32.1. The molecule has 0 radical (unpaired) electrons. The van der Waals surface area contributed by atoms with Gasteiger partial charge >= 0.3 is 0 Å². The zero-order chi connectivity index (χ0) is 19.9.